The molecule has 71 valence electrons. The van der Waals surface area contributed by atoms with Crippen LogP contribution in [0.1, 0.15) is 11.3 Å². The zero-order valence-corrected chi connectivity index (χ0v) is 8.19. The van der Waals surface area contributed by atoms with Crippen molar-refractivity contribution in [1.29, 1.82) is 0 Å². The van der Waals surface area contributed by atoms with Crippen molar-refractivity contribution in [3.8, 4) is 0 Å². The largest absolute Gasteiger partial charge is 0.347 e. The third-order valence-electron chi connectivity index (χ3n) is 2.38. The molecule has 1 heteroatoms. The van der Waals surface area contributed by atoms with E-state index in [0.29, 0.717) is 0 Å². The Kier molecular flexibility index (Phi) is 2.68. The van der Waals surface area contributed by atoms with Crippen LogP contribution in [-0.4, -0.2) is 4.57 Å². The van der Waals surface area contributed by atoms with Gasteiger partial charge in [-0.05, 0) is 31.0 Å². The number of nitrogens with zero attached hydrogens (tertiary/aromatic N) is 1. The summed E-state index contributed by atoms with van der Waals surface area (Å²) in [6, 6.07) is 14.7. The molecule has 0 saturated carbocycles. The second kappa shape index (κ2) is 4.14. The summed E-state index contributed by atoms with van der Waals surface area (Å²) < 4.78 is 2.24. The molecule has 0 amide bonds. The van der Waals surface area contributed by atoms with Gasteiger partial charge in [-0.15, -0.1) is 0 Å². The summed E-state index contributed by atoms with van der Waals surface area (Å²) in [6.45, 7) is 4.85. The zero-order chi connectivity index (χ0) is 9.80. The van der Waals surface area contributed by atoms with Crippen LogP contribution in [0.3, 0.4) is 0 Å². The highest BCUT2D eigenvalue weighted by atomic mass is 15.0. The quantitative estimate of drug-likeness (QED) is 0.691. The molecule has 0 spiro atoms. The van der Waals surface area contributed by atoms with E-state index in [1.165, 1.54) is 11.3 Å². The van der Waals surface area contributed by atoms with E-state index in [-0.39, 0.29) is 0 Å². The molecule has 2 rings (SSSR count). The monoisotopic (exact) mass is 184 g/mol. The average molecular weight is 184 g/mol. The molecule has 0 unspecified atom stereocenters. The summed E-state index contributed by atoms with van der Waals surface area (Å²) in [5.41, 5.74) is 2.62. The topological polar surface area (TPSA) is 4.93 Å². The molecule has 14 heavy (non-hydrogen) atoms. The molecular formula is C13H14N. The van der Waals surface area contributed by atoms with Gasteiger partial charge in [0.1, 0.15) is 0 Å². The van der Waals surface area contributed by atoms with Gasteiger partial charge in [-0.3, -0.25) is 0 Å². The molecule has 1 aromatic heterocycles. The zero-order valence-electron chi connectivity index (χ0n) is 8.19. The fourth-order valence-corrected chi connectivity index (χ4v) is 1.61. The van der Waals surface area contributed by atoms with Crippen molar-refractivity contribution in [2.24, 2.45) is 0 Å². The standard InChI is InChI=1S/C13H14N/c1-2-13-9-6-10-14(13)11-12-7-4-3-5-8-12/h3-10H,1-2,11H2. The maximum Gasteiger partial charge on any atom is 0.0472 e. The van der Waals surface area contributed by atoms with Crippen molar-refractivity contribution in [2.75, 3.05) is 0 Å². The van der Waals surface area contributed by atoms with Gasteiger partial charge in [0.15, 0.2) is 0 Å². The van der Waals surface area contributed by atoms with Gasteiger partial charge in [0.25, 0.3) is 0 Å². The summed E-state index contributed by atoms with van der Waals surface area (Å²) in [5, 5.41) is 0. The van der Waals surface area contributed by atoms with Gasteiger partial charge in [-0.1, -0.05) is 30.3 Å². The highest BCUT2D eigenvalue weighted by Crippen LogP contribution is 2.07. The number of aromatic nitrogens is 1. The predicted molar refractivity (Wildman–Crippen MR) is 59.0 cm³/mol. The Morgan fingerprint density at radius 3 is 2.50 bits per heavy atom. The van der Waals surface area contributed by atoms with Gasteiger partial charge in [-0.25, -0.2) is 0 Å². The molecule has 1 radical (unpaired) electrons. The Labute approximate surface area is 85.0 Å². The molecule has 0 aliphatic rings. The lowest BCUT2D eigenvalue weighted by molar-refractivity contribution is 0.762. The lowest BCUT2D eigenvalue weighted by Crippen LogP contribution is -2.01. The minimum atomic E-state index is 0.847. The van der Waals surface area contributed by atoms with E-state index in [1.54, 1.807) is 0 Å². The van der Waals surface area contributed by atoms with Gasteiger partial charge in [0, 0.05) is 18.4 Å². The molecule has 0 N–H and O–H groups in total. The van der Waals surface area contributed by atoms with Crippen LogP contribution in [0, 0.1) is 6.92 Å². The summed E-state index contributed by atoms with van der Waals surface area (Å²) >= 11 is 0. The number of hydrogen-bond donors (Lipinski definition) is 0. The van der Waals surface area contributed by atoms with Crippen LogP contribution < -0.4 is 0 Å². The van der Waals surface area contributed by atoms with E-state index in [9.17, 15) is 0 Å². The predicted octanol–water partition coefficient (Wildman–Crippen LogP) is 2.91. The fraction of sp³-hybridized carbons (Fsp3) is 0.154. The van der Waals surface area contributed by atoms with Gasteiger partial charge >= 0.3 is 0 Å². The summed E-state index contributed by atoms with van der Waals surface area (Å²) in [4.78, 5) is 0. The highest BCUT2D eigenvalue weighted by Gasteiger charge is 1.98. The van der Waals surface area contributed by atoms with Crippen LogP contribution in [-0.2, 0) is 13.0 Å². The Morgan fingerprint density at radius 1 is 1.00 bits per heavy atom. The first-order valence-corrected chi connectivity index (χ1v) is 4.87. The molecule has 0 aliphatic carbocycles. The maximum absolute atomic E-state index is 3.91. The first-order valence-electron chi connectivity index (χ1n) is 4.87. The molecule has 1 aromatic carbocycles. The Morgan fingerprint density at radius 2 is 1.79 bits per heavy atom. The second-order valence-corrected chi connectivity index (χ2v) is 3.36. The smallest absolute Gasteiger partial charge is 0.0472 e. The molecule has 1 nitrogen and oxygen atoms in total. The Bertz CT molecular complexity index is 387. The van der Waals surface area contributed by atoms with Crippen LogP contribution in [0.5, 0.6) is 0 Å². The Hall–Kier alpha value is -1.50. The molecule has 0 atom stereocenters. The summed E-state index contributed by atoms with van der Waals surface area (Å²) in [5.74, 6) is 0. The minimum Gasteiger partial charge on any atom is -0.347 e. The van der Waals surface area contributed by atoms with Crippen LogP contribution in [0.25, 0.3) is 0 Å². The first kappa shape index (κ1) is 9.07. The van der Waals surface area contributed by atoms with E-state index in [2.05, 4.69) is 54.1 Å². The number of benzene rings is 1. The van der Waals surface area contributed by atoms with Crippen LogP contribution in [0.2, 0.25) is 0 Å². The van der Waals surface area contributed by atoms with E-state index < -0.39 is 0 Å². The van der Waals surface area contributed by atoms with Crippen molar-refractivity contribution in [3.63, 3.8) is 0 Å². The molecule has 0 bridgehead atoms. The van der Waals surface area contributed by atoms with Crippen molar-refractivity contribution in [3.05, 3.63) is 66.8 Å². The summed E-state index contributed by atoms with van der Waals surface area (Å²) in [6.07, 6.45) is 2.95. The van der Waals surface area contributed by atoms with Crippen molar-refractivity contribution < 1.29 is 0 Å². The van der Waals surface area contributed by atoms with Crippen LogP contribution in [0.15, 0.2) is 48.7 Å². The second-order valence-electron chi connectivity index (χ2n) is 3.36. The first-order chi connectivity index (χ1) is 6.90. The molecule has 2 aromatic rings. The normalized spacial score (nSPS) is 10.4. The van der Waals surface area contributed by atoms with Crippen LogP contribution >= 0.6 is 0 Å². The number of hydrogen-bond acceptors (Lipinski definition) is 0. The molecule has 0 saturated heterocycles. The lowest BCUT2D eigenvalue weighted by Gasteiger charge is -2.07. The highest BCUT2D eigenvalue weighted by molar-refractivity contribution is 5.17. The SMILES string of the molecule is [CH2]Cc1cccn1Cc1ccccc1. The van der Waals surface area contributed by atoms with E-state index in [0.717, 1.165) is 13.0 Å². The average Bonchev–Trinajstić information content (AvgIpc) is 2.67. The third-order valence-corrected chi connectivity index (χ3v) is 2.38. The number of rotatable bonds is 3. The van der Waals surface area contributed by atoms with Crippen molar-refractivity contribution in [2.45, 2.75) is 13.0 Å². The molecule has 0 fully saturated rings. The third kappa shape index (κ3) is 1.87. The minimum absolute atomic E-state index is 0.847. The van der Waals surface area contributed by atoms with E-state index in [4.69, 9.17) is 0 Å². The van der Waals surface area contributed by atoms with Crippen LogP contribution in [0.4, 0.5) is 0 Å². The van der Waals surface area contributed by atoms with Gasteiger partial charge in [0.2, 0.25) is 0 Å². The molecule has 0 aliphatic heterocycles. The van der Waals surface area contributed by atoms with E-state index in [1.807, 2.05) is 6.07 Å². The summed E-state index contributed by atoms with van der Waals surface area (Å²) in [7, 11) is 0. The Balaban J connectivity index is 2.19. The lowest BCUT2D eigenvalue weighted by atomic mass is 10.2. The van der Waals surface area contributed by atoms with Gasteiger partial charge in [0.05, 0.1) is 0 Å². The van der Waals surface area contributed by atoms with Gasteiger partial charge in [-0.2, -0.15) is 0 Å². The molecule has 1 heterocycles. The molecular weight excluding hydrogens is 170 g/mol. The van der Waals surface area contributed by atoms with Gasteiger partial charge < -0.3 is 4.57 Å². The maximum atomic E-state index is 3.91. The fourth-order valence-electron chi connectivity index (χ4n) is 1.61. The van der Waals surface area contributed by atoms with Crippen molar-refractivity contribution >= 4 is 0 Å². The van der Waals surface area contributed by atoms with E-state index >= 15 is 0 Å². The van der Waals surface area contributed by atoms with Crippen molar-refractivity contribution in [1.82, 2.24) is 4.57 Å².